The first-order valence-electron chi connectivity index (χ1n) is 8.72. The highest BCUT2D eigenvalue weighted by Gasteiger charge is 2.03. The zero-order chi connectivity index (χ0) is 18.9. The first kappa shape index (κ1) is 18.4. The van der Waals surface area contributed by atoms with Crippen LogP contribution in [0.2, 0.25) is 0 Å². The molecular formula is C20H23N5O2. The number of rotatable bonds is 9. The predicted molar refractivity (Wildman–Crippen MR) is 105 cm³/mol. The number of anilines is 2. The molecule has 0 aliphatic heterocycles. The Morgan fingerprint density at radius 1 is 0.926 bits per heavy atom. The maximum atomic E-state index is 5.70. The number of methoxy groups -OCH3 is 1. The highest BCUT2D eigenvalue weighted by molar-refractivity contribution is 5.42. The lowest BCUT2D eigenvalue weighted by Gasteiger charge is -2.11. The Hall–Kier alpha value is -3.35. The van der Waals surface area contributed by atoms with E-state index >= 15 is 0 Å². The first-order chi connectivity index (χ1) is 13.2. The van der Waals surface area contributed by atoms with Gasteiger partial charge in [0.2, 0.25) is 5.95 Å². The second-order valence-corrected chi connectivity index (χ2v) is 5.88. The normalized spacial score (nSPS) is 10.3. The molecule has 2 heterocycles. The summed E-state index contributed by atoms with van der Waals surface area (Å²) in [5.41, 5.74) is 2.03. The molecule has 7 nitrogen and oxygen atoms in total. The number of aromatic nitrogens is 3. The van der Waals surface area contributed by atoms with E-state index < -0.39 is 0 Å². The van der Waals surface area contributed by atoms with Crippen molar-refractivity contribution in [1.82, 2.24) is 15.0 Å². The highest BCUT2D eigenvalue weighted by Crippen LogP contribution is 2.17. The molecule has 140 valence electrons. The van der Waals surface area contributed by atoms with Gasteiger partial charge in [-0.2, -0.15) is 4.98 Å². The average molecular weight is 365 g/mol. The minimum absolute atomic E-state index is 0.503. The van der Waals surface area contributed by atoms with Crippen LogP contribution in [0.25, 0.3) is 0 Å². The van der Waals surface area contributed by atoms with Crippen LogP contribution in [0.15, 0.2) is 54.9 Å². The second-order valence-electron chi connectivity index (χ2n) is 5.88. The van der Waals surface area contributed by atoms with Crippen molar-refractivity contribution in [2.75, 3.05) is 30.9 Å². The summed E-state index contributed by atoms with van der Waals surface area (Å²) in [6.45, 7) is 3.72. The Morgan fingerprint density at radius 2 is 1.67 bits per heavy atom. The van der Waals surface area contributed by atoms with E-state index in [2.05, 4.69) is 25.6 Å². The highest BCUT2D eigenvalue weighted by atomic mass is 16.5. The maximum absolute atomic E-state index is 5.70. The molecule has 3 rings (SSSR count). The van der Waals surface area contributed by atoms with E-state index in [1.54, 1.807) is 19.5 Å². The van der Waals surface area contributed by atoms with Gasteiger partial charge in [0.05, 0.1) is 13.7 Å². The molecule has 0 saturated carbocycles. The van der Waals surface area contributed by atoms with Crippen molar-refractivity contribution in [1.29, 1.82) is 0 Å². The number of hydrogen-bond donors (Lipinski definition) is 2. The molecule has 2 N–H and O–H groups in total. The Bertz CT molecular complexity index is 841. The molecule has 0 amide bonds. The molecule has 0 aliphatic rings. The van der Waals surface area contributed by atoms with Crippen molar-refractivity contribution in [2.45, 2.75) is 13.5 Å². The lowest BCUT2D eigenvalue weighted by atomic mass is 10.3. The van der Waals surface area contributed by atoms with Gasteiger partial charge in [0.1, 0.15) is 23.9 Å². The van der Waals surface area contributed by atoms with Gasteiger partial charge in [-0.3, -0.25) is 4.98 Å². The quantitative estimate of drug-likeness (QED) is 0.563. The molecule has 7 heteroatoms. The number of nitrogens with one attached hydrogen (secondary N) is 2. The summed E-state index contributed by atoms with van der Waals surface area (Å²) in [6.07, 6.45) is 3.55. The van der Waals surface area contributed by atoms with Gasteiger partial charge in [0.25, 0.3) is 0 Å². The summed E-state index contributed by atoms with van der Waals surface area (Å²) >= 11 is 0. The summed E-state index contributed by atoms with van der Waals surface area (Å²) in [5.74, 6) is 2.95. The lowest BCUT2D eigenvalue weighted by Crippen LogP contribution is -2.14. The molecule has 2 aromatic heterocycles. The first-order valence-corrected chi connectivity index (χ1v) is 8.72. The van der Waals surface area contributed by atoms with Crippen LogP contribution in [0.5, 0.6) is 11.5 Å². The molecule has 0 radical (unpaired) electrons. The number of aryl methyl sites for hydroxylation is 1. The number of ether oxygens (including phenoxy) is 2. The number of benzene rings is 1. The zero-order valence-corrected chi connectivity index (χ0v) is 15.5. The van der Waals surface area contributed by atoms with E-state index in [-0.39, 0.29) is 0 Å². The summed E-state index contributed by atoms with van der Waals surface area (Å²) in [5, 5.41) is 6.50. The fraction of sp³-hybridized carbons (Fsp3) is 0.250. The Balaban J connectivity index is 1.48. The van der Waals surface area contributed by atoms with Gasteiger partial charge in [0.15, 0.2) is 0 Å². The van der Waals surface area contributed by atoms with Crippen LogP contribution >= 0.6 is 0 Å². The van der Waals surface area contributed by atoms with Crippen molar-refractivity contribution >= 4 is 11.8 Å². The van der Waals surface area contributed by atoms with Crippen LogP contribution in [0, 0.1) is 6.92 Å². The molecule has 0 aliphatic carbocycles. The zero-order valence-electron chi connectivity index (χ0n) is 15.5. The van der Waals surface area contributed by atoms with Crippen molar-refractivity contribution in [3.05, 3.63) is 66.1 Å². The maximum Gasteiger partial charge on any atom is 0.224 e. The van der Waals surface area contributed by atoms with Gasteiger partial charge in [-0.1, -0.05) is 0 Å². The van der Waals surface area contributed by atoms with E-state index in [1.165, 1.54) is 0 Å². The fourth-order valence-electron chi connectivity index (χ4n) is 2.44. The molecule has 0 unspecified atom stereocenters. The monoisotopic (exact) mass is 365 g/mol. The van der Waals surface area contributed by atoms with Crippen molar-refractivity contribution in [3.63, 3.8) is 0 Å². The van der Waals surface area contributed by atoms with E-state index in [4.69, 9.17) is 9.47 Å². The lowest BCUT2D eigenvalue weighted by molar-refractivity contribution is 0.331. The predicted octanol–water partition coefficient (Wildman–Crippen LogP) is 3.29. The van der Waals surface area contributed by atoms with Crippen molar-refractivity contribution in [3.8, 4) is 11.5 Å². The smallest absolute Gasteiger partial charge is 0.224 e. The van der Waals surface area contributed by atoms with E-state index in [0.717, 1.165) is 28.6 Å². The minimum atomic E-state index is 0.503. The SMILES string of the molecule is COc1ccc(OCCNc2nc(C)cc(NCc3ccncc3)n2)cc1. The summed E-state index contributed by atoms with van der Waals surface area (Å²) in [7, 11) is 1.64. The van der Waals surface area contributed by atoms with Gasteiger partial charge in [-0.25, -0.2) is 4.98 Å². The van der Waals surface area contributed by atoms with E-state index in [0.29, 0.717) is 25.6 Å². The molecule has 0 atom stereocenters. The molecule has 0 fully saturated rings. The Kier molecular flexibility index (Phi) is 6.40. The number of nitrogens with zero attached hydrogens (tertiary/aromatic N) is 3. The summed E-state index contributed by atoms with van der Waals surface area (Å²) in [4.78, 5) is 12.9. The molecular weight excluding hydrogens is 342 g/mol. The molecule has 0 saturated heterocycles. The second kappa shape index (κ2) is 9.38. The number of pyridine rings is 1. The number of hydrogen-bond acceptors (Lipinski definition) is 7. The van der Waals surface area contributed by atoms with E-state index in [9.17, 15) is 0 Å². The van der Waals surface area contributed by atoms with Gasteiger partial charge in [-0.15, -0.1) is 0 Å². The summed E-state index contributed by atoms with van der Waals surface area (Å²) in [6, 6.07) is 13.3. The molecule has 0 bridgehead atoms. The van der Waals surface area contributed by atoms with Crippen LogP contribution in [0.3, 0.4) is 0 Å². The van der Waals surface area contributed by atoms with E-state index in [1.807, 2.05) is 49.4 Å². The Morgan fingerprint density at radius 3 is 2.41 bits per heavy atom. The molecule has 27 heavy (non-hydrogen) atoms. The third-order valence-electron chi connectivity index (χ3n) is 3.79. The fourth-order valence-corrected chi connectivity index (χ4v) is 2.44. The standard InChI is InChI=1S/C20H23N5O2/c1-15-13-19(23-14-16-7-9-21-10-8-16)25-20(24-15)22-11-12-27-18-5-3-17(26-2)4-6-18/h3-10,13H,11-12,14H2,1-2H3,(H2,22,23,24,25). The third-order valence-corrected chi connectivity index (χ3v) is 3.79. The summed E-state index contributed by atoms with van der Waals surface area (Å²) < 4.78 is 10.8. The van der Waals surface area contributed by atoms with Gasteiger partial charge < -0.3 is 20.1 Å². The van der Waals surface area contributed by atoms with Crippen LogP contribution in [-0.4, -0.2) is 35.2 Å². The topological polar surface area (TPSA) is 81.2 Å². The van der Waals surface area contributed by atoms with Gasteiger partial charge in [0, 0.05) is 30.7 Å². The van der Waals surface area contributed by atoms with Crippen LogP contribution in [0.4, 0.5) is 11.8 Å². The molecule has 3 aromatic rings. The minimum Gasteiger partial charge on any atom is -0.497 e. The van der Waals surface area contributed by atoms with Gasteiger partial charge in [-0.05, 0) is 48.9 Å². The van der Waals surface area contributed by atoms with Crippen LogP contribution < -0.4 is 20.1 Å². The molecule has 1 aromatic carbocycles. The van der Waals surface area contributed by atoms with Crippen molar-refractivity contribution < 1.29 is 9.47 Å². The Labute approximate surface area is 158 Å². The van der Waals surface area contributed by atoms with Crippen LogP contribution in [0.1, 0.15) is 11.3 Å². The third kappa shape index (κ3) is 5.85. The van der Waals surface area contributed by atoms with Gasteiger partial charge >= 0.3 is 0 Å². The van der Waals surface area contributed by atoms with Crippen molar-refractivity contribution in [2.24, 2.45) is 0 Å². The molecule has 0 spiro atoms. The van der Waals surface area contributed by atoms with Crippen LogP contribution in [-0.2, 0) is 6.54 Å². The largest absolute Gasteiger partial charge is 0.497 e. The average Bonchev–Trinajstić information content (AvgIpc) is 2.70.